The van der Waals surface area contributed by atoms with Crippen molar-refractivity contribution in [2.45, 2.75) is 24.2 Å². The van der Waals surface area contributed by atoms with Gasteiger partial charge in [-0.05, 0) is 42.7 Å². The average Bonchev–Trinajstić information content (AvgIpc) is 3.45. The maximum absolute atomic E-state index is 15.4. The van der Waals surface area contributed by atoms with Gasteiger partial charge in [0.2, 0.25) is 0 Å². The second-order valence-electron chi connectivity index (χ2n) is 7.88. The van der Waals surface area contributed by atoms with E-state index in [1.54, 1.807) is 27.3 Å². The quantitative estimate of drug-likeness (QED) is 0.528. The molecule has 168 valence electrons. The van der Waals surface area contributed by atoms with Gasteiger partial charge in [-0.2, -0.15) is 13.8 Å². The molecular formula is C23H23F2N3O4. The first-order valence-electron chi connectivity index (χ1n) is 10.1. The van der Waals surface area contributed by atoms with E-state index in [4.69, 9.17) is 14.0 Å². The number of amides is 1. The zero-order chi connectivity index (χ0) is 22.9. The predicted octanol–water partition coefficient (Wildman–Crippen LogP) is 3.77. The summed E-state index contributed by atoms with van der Waals surface area (Å²) in [6.45, 7) is -0.367. The van der Waals surface area contributed by atoms with Gasteiger partial charge in [-0.1, -0.05) is 29.4 Å². The molecule has 0 saturated heterocycles. The van der Waals surface area contributed by atoms with Crippen LogP contribution in [0.2, 0.25) is 0 Å². The van der Waals surface area contributed by atoms with Gasteiger partial charge in [0.1, 0.15) is 11.5 Å². The standard InChI is InChI=1S/C23H23F2N3O4/c1-28(2)19(29)14-31-18-10-5-4-9-17(18)23(24,25)21-26-20(27-32-21)22(11-12-22)15-7-6-8-16(13-15)30-3/h4-10,13H,11-12,14H2,1-3H3. The lowest BCUT2D eigenvalue weighted by atomic mass is 9.95. The van der Waals surface area contributed by atoms with Gasteiger partial charge in [-0.3, -0.25) is 4.79 Å². The third-order valence-corrected chi connectivity index (χ3v) is 5.57. The summed E-state index contributed by atoms with van der Waals surface area (Å²) in [6.07, 6.45) is 1.44. The number of hydrogen-bond donors (Lipinski definition) is 0. The number of carbonyl (C=O) groups is 1. The van der Waals surface area contributed by atoms with Crippen molar-refractivity contribution < 1.29 is 27.6 Å². The van der Waals surface area contributed by atoms with Crippen LogP contribution in [-0.2, 0) is 16.1 Å². The van der Waals surface area contributed by atoms with Gasteiger partial charge in [-0.15, -0.1) is 0 Å². The average molecular weight is 443 g/mol. The van der Waals surface area contributed by atoms with Crippen LogP contribution >= 0.6 is 0 Å². The van der Waals surface area contributed by atoms with Crippen LogP contribution in [0.1, 0.15) is 35.7 Å². The van der Waals surface area contributed by atoms with E-state index in [9.17, 15) is 4.79 Å². The molecule has 0 spiro atoms. The van der Waals surface area contributed by atoms with Crippen LogP contribution in [0.5, 0.6) is 11.5 Å². The number of para-hydroxylation sites is 1. The number of halogens is 2. The van der Waals surface area contributed by atoms with Crippen LogP contribution < -0.4 is 9.47 Å². The molecule has 32 heavy (non-hydrogen) atoms. The first kappa shape index (κ1) is 21.7. The minimum absolute atomic E-state index is 0.124. The molecule has 1 saturated carbocycles. The highest BCUT2D eigenvalue weighted by Gasteiger charge is 2.52. The Kier molecular flexibility index (Phi) is 5.58. The SMILES string of the molecule is COc1cccc(C2(c3noc(C(F)(F)c4ccccc4OCC(=O)N(C)C)n3)CC2)c1. The van der Waals surface area contributed by atoms with E-state index in [0.29, 0.717) is 5.75 Å². The predicted molar refractivity (Wildman–Crippen MR) is 111 cm³/mol. The fourth-order valence-electron chi connectivity index (χ4n) is 3.47. The summed E-state index contributed by atoms with van der Waals surface area (Å²) in [5.41, 5.74) is -0.132. The maximum Gasteiger partial charge on any atom is 0.353 e. The van der Waals surface area contributed by atoms with Crippen LogP contribution in [-0.4, -0.2) is 48.8 Å². The number of hydrogen-bond acceptors (Lipinski definition) is 6. The van der Waals surface area contributed by atoms with Gasteiger partial charge in [-0.25, -0.2) is 0 Å². The topological polar surface area (TPSA) is 77.7 Å². The third-order valence-electron chi connectivity index (χ3n) is 5.57. The number of benzene rings is 2. The highest BCUT2D eigenvalue weighted by molar-refractivity contribution is 5.77. The summed E-state index contributed by atoms with van der Waals surface area (Å²) in [7, 11) is 4.68. The number of carbonyl (C=O) groups excluding carboxylic acids is 1. The molecule has 9 heteroatoms. The van der Waals surface area contributed by atoms with Crippen LogP contribution in [0.3, 0.4) is 0 Å². The van der Waals surface area contributed by atoms with Crippen molar-refractivity contribution in [1.29, 1.82) is 0 Å². The summed E-state index contributed by atoms with van der Waals surface area (Å²) in [6, 6.07) is 13.0. The summed E-state index contributed by atoms with van der Waals surface area (Å²) >= 11 is 0. The fraction of sp³-hybridized carbons (Fsp3) is 0.348. The van der Waals surface area contributed by atoms with Crippen LogP contribution in [0, 0.1) is 0 Å². The van der Waals surface area contributed by atoms with Crippen LogP contribution in [0.15, 0.2) is 53.1 Å². The summed E-state index contributed by atoms with van der Waals surface area (Å²) in [5.74, 6) is -4.02. The summed E-state index contributed by atoms with van der Waals surface area (Å²) in [5, 5.41) is 3.89. The Morgan fingerprint density at radius 3 is 2.62 bits per heavy atom. The van der Waals surface area contributed by atoms with E-state index in [1.807, 2.05) is 24.3 Å². The van der Waals surface area contributed by atoms with E-state index in [0.717, 1.165) is 18.4 Å². The molecule has 4 rings (SSSR count). The number of nitrogens with zero attached hydrogens (tertiary/aromatic N) is 3. The number of ether oxygens (including phenoxy) is 2. The van der Waals surface area contributed by atoms with Crippen molar-refractivity contribution in [1.82, 2.24) is 15.0 Å². The number of methoxy groups -OCH3 is 1. The van der Waals surface area contributed by atoms with Gasteiger partial charge in [0, 0.05) is 14.1 Å². The number of likely N-dealkylation sites (N-methyl/N-ethyl adjacent to an activating group) is 1. The molecule has 0 N–H and O–H groups in total. The normalized spacial score (nSPS) is 14.7. The molecule has 1 aliphatic carbocycles. The summed E-state index contributed by atoms with van der Waals surface area (Å²) < 4.78 is 46.4. The van der Waals surface area contributed by atoms with Gasteiger partial charge in [0.05, 0.1) is 18.1 Å². The number of rotatable bonds is 8. The highest BCUT2D eigenvalue weighted by atomic mass is 19.3. The molecule has 0 radical (unpaired) electrons. The van der Waals surface area contributed by atoms with Crippen molar-refractivity contribution >= 4 is 5.91 Å². The Balaban J connectivity index is 1.62. The Hall–Kier alpha value is -3.49. The minimum atomic E-state index is -3.60. The van der Waals surface area contributed by atoms with Crippen LogP contribution in [0.4, 0.5) is 8.78 Å². The van der Waals surface area contributed by atoms with E-state index in [2.05, 4.69) is 10.1 Å². The molecule has 0 bridgehead atoms. The van der Waals surface area contributed by atoms with Crippen molar-refractivity contribution in [2.24, 2.45) is 0 Å². The molecule has 2 aromatic carbocycles. The van der Waals surface area contributed by atoms with Crippen molar-refractivity contribution in [2.75, 3.05) is 27.8 Å². The zero-order valence-corrected chi connectivity index (χ0v) is 18.0. The maximum atomic E-state index is 15.4. The lowest BCUT2D eigenvalue weighted by molar-refractivity contribution is -0.130. The van der Waals surface area contributed by atoms with Crippen molar-refractivity contribution in [3.05, 3.63) is 71.4 Å². The molecule has 7 nitrogen and oxygen atoms in total. The smallest absolute Gasteiger partial charge is 0.353 e. The van der Waals surface area contributed by atoms with E-state index < -0.39 is 22.8 Å². The fourth-order valence-corrected chi connectivity index (χ4v) is 3.47. The first-order valence-corrected chi connectivity index (χ1v) is 10.1. The lowest BCUT2D eigenvalue weighted by Crippen LogP contribution is -2.28. The lowest BCUT2D eigenvalue weighted by Gasteiger charge is -2.18. The molecule has 0 unspecified atom stereocenters. The van der Waals surface area contributed by atoms with E-state index in [-0.39, 0.29) is 24.1 Å². The van der Waals surface area contributed by atoms with Gasteiger partial charge < -0.3 is 18.9 Å². The number of aromatic nitrogens is 2. The second kappa shape index (κ2) is 8.22. The van der Waals surface area contributed by atoms with Gasteiger partial charge >= 0.3 is 11.8 Å². The van der Waals surface area contributed by atoms with Crippen molar-refractivity contribution in [3.63, 3.8) is 0 Å². The second-order valence-corrected chi connectivity index (χ2v) is 7.88. The molecule has 1 fully saturated rings. The molecular weight excluding hydrogens is 420 g/mol. The Labute approximate surface area is 183 Å². The first-order chi connectivity index (χ1) is 15.3. The molecule has 1 aromatic heterocycles. The molecule has 0 aliphatic heterocycles. The molecule has 3 aromatic rings. The van der Waals surface area contributed by atoms with Crippen molar-refractivity contribution in [3.8, 4) is 11.5 Å². The van der Waals surface area contributed by atoms with E-state index in [1.165, 1.54) is 23.1 Å². The Morgan fingerprint density at radius 1 is 1.19 bits per heavy atom. The third kappa shape index (κ3) is 3.90. The van der Waals surface area contributed by atoms with Gasteiger partial charge in [0.15, 0.2) is 12.4 Å². The molecule has 1 amide bonds. The van der Waals surface area contributed by atoms with Crippen LogP contribution in [0.25, 0.3) is 0 Å². The molecule has 1 heterocycles. The Morgan fingerprint density at radius 2 is 1.94 bits per heavy atom. The minimum Gasteiger partial charge on any atom is -0.497 e. The summed E-state index contributed by atoms with van der Waals surface area (Å²) in [4.78, 5) is 17.2. The van der Waals surface area contributed by atoms with Gasteiger partial charge in [0.25, 0.3) is 5.91 Å². The zero-order valence-electron chi connectivity index (χ0n) is 18.0. The monoisotopic (exact) mass is 443 g/mol. The van der Waals surface area contributed by atoms with E-state index >= 15 is 8.78 Å². The largest absolute Gasteiger partial charge is 0.497 e. The molecule has 1 aliphatic rings. The molecule has 0 atom stereocenters. The highest BCUT2D eigenvalue weighted by Crippen LogP contribution is 2.53. The Bertz CT molecular complexity index is 1130. The number of alkyl halides is 2.